The maximum absolute atomic E-state index is 5.02. The molecule has 516 valence electrons. The molecule has 0 aliphatic carbocycles. The number of pyridine rings is 12. The molecule has 13 rings (SSSR count). The normalized spacial score (nSPS) is 14.9. The number of hydrogen-bond donors (Lipinski definition) is 0. The number of nitrogens with zero attached hydrogens (tertiary/aromatic N) is 18. The van der Waals surface area contributed by atoms with E-state index < -0.39 is 0 Å². The zero-order chi connectivity index (χ0) is 70.0. The van der Waals surface area contributed by atoms with Crippen molar-refractivity contribution in [3.8, 4) is 68.3 Å². The largest absolute Gasteiger partial charge is 0.296 e. The molecule has 0 aromatic carbocycles. The third-order valence-corrected chi connectivity index (χ3v) is 18.8. The van der Waals surface area contributed by atoms with Crippen molar-refractivity contribution in [2.24, 2.45) is 0 Å². The lowest BCUT2D eigenvalue weighted by atomic mass is 10.1. The van der Waals surface area contributed by atoms with Crippen molar-refractivity contribution in [3.63, 3.8) is 0 Å². The van der Waals surface area contributed by atoms with Crippen LogP contribution in [0.3, 0.4) is 0 Å². The maximum Gasteiger partial charge on any atom is 0.0886 e. The number of aromatic nitrogens is 12. The van der Waals surface area contributed by atoms with Crippen LogP contribution in [-0.2, 0) is 39.3 Å². The van der Waals surface area contributed by atoms with Crippen molar-refractivity contribution in [2.75, 3.05) is 78.5 Å². The van der Waals surface area contributed by atoms with Gasteiger partial charge in [-0.1, -0.05) is 72.8 Å². The molecule has 12 aromatic rings. The average molecular weight is 1350 g/mol. The third-order valence-electron chi connectivity index (χ3n) is 18.8. The first-order valence-corrected chi connectivity index (χ1v) is 35.5. The van der Waals surface area contributed by atoms with Crippen LogP contribution in [-0.4, -0.2) is 168 Å². The highest BCUT2D eigenvalue weighted by atomic mass is 15.3. The molecule has 0 unspecified atom stereocenters. The van der Waals surface area contributed by atoms with E-state index in [2.05, 4.69) is 217 Å². The van der Waals surface area contributed by atoms with Crippen molar-refractivity contribution in [3.05, 3.63) is 287 Å². The fourth-order valence-electron chi connectivity index (χ4n) is 12.6. The highest BCUT2D eigenvalue weighted by Crippen LogP contribution is 2.24. The molecular weight excluding hydrogens is 1260 g/mol. The van der Waals surface area contributed by atoms with E-state index in [9.17, 15) is 0 Å². The van der Waals surface area contributed by atoms with E-state index in [-0.39, 0.29) is 0 Å². The lowest BCUT2D eigenvalue weighted by Crippen LogP contribution is -2.45. The van der Waals surface area contributed by atoms with Crippen LogP contribution in [0.15, 0.2) is 220 Å². The Kier molecular flexibility index (Phi) is 23.5. The van der Waals surface area contributed by atoms with Gasteiger partial charge in [0.25, 0.3) is 0 Å². The average Bonchev–Trinajstić information content (AvgIpc) is 0.887. The lowest BCUT2D eigenvalue weighted by molar-refractivity contribution is 0.122. The van der Waals surface area contributed by atoms with Crippen molar-refractivity contribution >= 4 is 0 Å². The minimum atomic E-state index is 0.716. The van der Waals surface area contributed by atoms with Gasteiger partial charge in [-0.05, 0) is 181 Å². The summed E-state index contributed by atoms with van der Waals surface area (Å²) in [6.45, 7) is 26.3. The maximum atomic E-state index is 5.02. The molecule has 1 aliphatic heterocycles. The van der Waals surface area contributed by atoms with Gasteiger partial charge in [0.15, 0.2) is 0 Å². The Hall–Kier alpha value is -10.4. The molecule has 1 fully saturated rings. The summed E-state index contributed by atoms with van der Waals surface area (Å²) in [6.07, 6.45) is 23.7. The van der Waals surface area contributed by atoms with Crippen molar-refractivity contribution in [2.45, 2.75) is 80.8 Å². The van der Waals surface area contributed by atoms with Crippen LogP contribution in [0.4, 0.5) is 0 Å². The zero-order valence-electron chi connectivity index (χ0n) is 59.6. The SMILES string of the molecule is Cc1ccc(-c2ccc(CN3CCN(Cc4ccc(-c5ccc(C)cn5)nc4)CCN(Cc4ccc(-c5ccc(C)cn5)nc4)CCN(Cc4ccc(-c5ccc(C)cn5)nc4)CCN(Cc4ccc(-c5ccc(C)cn5)nc4)CCN(Cc4ccc(-c5ccc(C)cn5)nc4)CC3)cn2)nc1. The minimum Gasteiger partial charge on any atom is -0.296 e. The summed E-state index contributed by atoms with van der Waals surface area (Å²) in [5.41, 5.74) is 23.9. The molecule has 1 aliphatic rings. The second-order valence-electron chi connectivity index (χ2n) is 27.3. The Morgan fingerprint density at radius 2 is 0.284 bits per heavy atom. The molecule has 0 spiro atoms. The second-order valence-corrected chi connectivity index (χ2v) is 27.3. The number of hydrogen-bond acceptors (Lipinski definition) is 18. The van der Waals surface area contributed by atoms with Crippen LogP contribution >= 0.6 is 0 Å². The number of rotatable bonds is 18. The standard InChI is InChI=1S/C84H90N18/c1-61-7-19-73(85-43-61)79-25-13-67(49-91-79)55-97-31-33-98(56-68-14-26-80(92-50-68)74-20-8-62(2)44-86-74)35-37-100(58-70-16-28-82(94-52-70)76-22-10-64(4)46-88-76)39-41-102(60-72-18-30-84(96-54-72)78-24-12-66(6)48-90-78)42-40-101(59-71-17-29-83(95-53-71)77-23-11-65(5)47-89-77)38-36-99(34-32-97)57-69-15-27-81(93-51-69)75-21-9-63(3)45-87-75/h7-30,43-54H,31-42,55-60H2,1-6H3. The second kappa shape index (κ2) is 34.3. The van der Waals surface area contributed by atoms with E-state index >= 15 is 0 Å². The molecule has 102 heavy (non-hydrogen) atoms. The number of aryl methyl sites for hydroxylation is 6. The Morgan fingerprint density at radius 1 is 0.167 bits per heavy atom. The third kappa shape index (κ3) is 20.0. The minimum absolute atomic E-state index is 0.716. The van der Waals surface area contributed by atoms with Crippen LogP contribution in [0.1, 0.15) is 66.8 Å². The lowest BCUT2D eigenvalue weighted by Gasteiger charge is -2.34. The van der Waals surface area contributed by atoms with Gasteiger partial charge in [-0.3, -0.25) is 89.2 Å². The van der Waals surface area contributed by atoms with Gasteiger partial charge in [0.05, 0.1) is 68.3 Å². The van der Waals surface area contributed by atoms with Crippen molar-refractivity contribution in [1.29, 1.82) is 0 Å². The fourth-order valence-corrected chi connectivity index (χ4v) is 12.6. The van der Waals surface area contributed by atoms with E-state index in [0.29, 0.717) is 39.3 Å². The van der Waals surface area contributed by atoms with E-state index in [0.717, 1.165) is 214 Å². The summed E-state index contributed by atoms with van der Waals surface area (Å²) >= 11 is 0. The van der Waals surface area contributed by atoms with Gasteiger partial charge in [0, 0.05) is 192 Å². The molecule has 13 heterocycles. The molecular formula is C84H90N18. The fraction of sp³-hybridized carbons (Fsp3) is 0.286. The van der Waals surface area contributed by atoms with E-state index in [1.54, 1.807) is 0 Å². The van der Waals surface area contributed by atoms with Crippen LogP contribution in [0.25, 0.3) is 68.3 Å². The summed E-state index contributed by atoms with van der Waals surface area (Å²) in [6, 6.07) is 50.9. The Bertz CT molecular complexity index is 3760. The topological polar surface area (TPSA) is 174 Å². The summed E-state index contributed by atoms with van der Waals surface area (Å²) in [7, 11) is 0. The first-order chi connectivity index (χ1) is 49.9. The van der Waals surface area contributed by atoms with E-state index in [4.69, 9.17) is 59.8 Å². The molecule has 0 radical (unpaired) electrons. The smallest absolute Gasteiger partial charge is 0.0886 e. The highest BCUT2D eigenvalue weighted by molar-refractivity contribution is 5.58. The highest BCUT2D eigenvalue weighted by Gasteiger charge is 2.22. The first-order valence-electron chi connectivity index (χ1n) is 35.5. The monoisotopic (exact) mass is 1350 g/mol. The van der Waals surface area contributed by atoms with Gasteiger partial charge >= 0.3 is 0 Å². The predicted molar refractivity (Wildman–Crippen MR) is 405 cm³/mol. The Balaban J connectivity index is 0.852. The summed E-state index contributed by atoms with van der Waals surface area (Å²) in [5, 5.41) is 0. The Morgan fingerprint density at radius 3 is 0.382 bits per heavy atom. The molecule has 0 saturated carbocycles. The van der Waals surface area contributed by atoms with Crippen LogP contribution in [0.5, 0.6) is 0 Å². The molecule has 0 amide bonds. The molecule has 1 saturated heterocycles. The van der Waals surface area contributed by atoms with E-state index in [1.165, 1.54) is 0 Å². The van der Waals surface area contributed by atoms with Gasteiger partial charge in [-0.2, -0.15) is 0 Å². The van der Waals surface area contributed by atoms with Crippen LogP contribution < -0.4 is 0 Å². The van der Waals surface area contributed by atoms with Gasteiger partial charge in [-0.15, -0.1) is 0 Å². The summed E-state index contributed by atoms with van der Waals surface area (Å²) in [4.78, 5) is 74.2. The van der Waals surface area contributed by atoms with Crippen LogP contribution in [0.2, 0.25) is 0 Å². The molecule has 0 atom stereocenters. The predicted octanol–water partition coefficient (Wildman–Crippen LogP) is 13.6. The van der Waals surface area contributed by atoms with Crippen LogP contribution in [0, 0.1) is 41.5 Å². The van der Waals surface area contributed by atoms with Gasteiger partial charge in [0.1, 0.15) is 0 Å². The summed E-state index contributed by atoms with van der Waals surface area (Å²) in [5.74, 6) is 0. The zero-order valence-corrected chi connectivity index (χ0v) is 59.6. The van der Waals surface area contributed by atoms with Crippen molar-refractivity contribution in [1.82, 2.24) is 89.2 Å². The van der Waals surface area contributed by atoms with Crippen molar-refractivity contribution < 1.29 is 0 Å². The molecule has 12 aromatic heterocycles. The molecule has 0 N–H and O–H groups in total. The van der Waals surface area contributed by atoms with Gasteiger partial charge in [-0.25, -0.2) is 0 Å². The van der Waals surface area contributed by atoms with Gasteiger partial charge in [0.2, 0.25) is 0 Å². The quantitative estimate of drug-likeness (QED) is 0.0792. The molecule has 18 nitrogen and oxygen atoms in total. The van der Waals surface area contributed by atoms with Gasteiger partial charge < -0.3 is 0 Å². The Labute approximate surface area is 600 Å². The molecule has 0 bridgehead atoms. The van der Waals surface area contributed by atoms with E-state index in [1.807, 2.05) is 74.4 Å². The molecule has 18 heteroatoms. The first kappa shape index (κ1) is 70.0. The summed E-state index contributed by atoms with van der Waals surface area (Å²) < 4.78 is 0.